The largest absolute Gasteiger partial charge is 0.322 e. The molecule has 0 saturated carbocycles. The molecular weight excluding hydrogens is 328 g/mol. The molecule has 0 spiro atoms. The van der Waals surface area contributed by atoms with Crippen molar-refractivity contribution in [2.45, 2.75) is 0 Å². The van der Waals surface area contributed by atoms with Gasteiger partial charge in [0.15, 0.2) is 0 Å². The van der Waals surface area contributed by atoms with Gasteiger partial charge in [0, 0.05) is 17.6 Å². The third-order valence-electron chi connectivity index (χ3n) is 3.25. The number of anilines is 2. The van der Waals surface area contributed by atoms with Crippen LogP contribution < -0.4 is 10.6 Å². The van der Waals surface area contributed by atoms with E-state index < -0.39 is 0 Å². The van der Waals surface area contributed by atoms with Gasteiger partial charge in [-0.05, 0) is 36.4 Å². The fourth-order valence-electron chi connectivity index (χ4n) is 2.08. The molecule has 0 unspecified atom stereocenters. The van der Waals surface area contributed by atoms with E-state index in [1.165, 1.54) is 12.3 Å². The summed E-state index contributed by atoms with van der Waals surface area (Å²) in [5.41, 5.74) is 1.70. The maximum absolute atomic E-state index is 12.4. The van der Waals surface area contributed by atoms with Crippen LogP contribution in [-0.4, -0.2) is 22.0 Å². The Hall–Kier alpha value is -3.12. The van der Waals surface area contributed by atoms with E-state index in [1.54, 1.807) is 30.3 Å². The van der Waals surface area contributed by atoms with Crippen molar-refractivity contribution in [3.63, 3.8) is 0 Å². The number of nitrogens with zero attached hydrogens (tertiary/aromatic N) is 1. The van der Waals surface area contributed by atoms with Crippen LogP contribution in [-0.2, 0) is 0 Å². The Kier molecular flexibility index (Phi) is 4.58. The number of para-hydroxylation sites is 1. The van der Waals surface area contributed by atoms with Gasteiger partial charge in [-0.15, -0.1) is 0 Å². The van der Waals surface area contributed by atoms with Crippen LogP contribution in [0.25, 0.3) is 0 Å². The second-order valence-corrected chi connectivity index (χ2v) is 5.35. The summed E-state index contributed by atoms with van der Waals surface area (Å²) in [5.74, 6) is -0.715. The van der Waals surface area contributed by atoms with Crippen LogP contribution in [0.1, 0.15) is 20.8 Å². The molecule has 0 radical (unpaired) electrons. The van der Waals surface area contributed by atoms with E-state index in [9.17, 15) is 9.59 Å². The zero-order valence-electron chi connectivity index (χ0n) is 12.4. The minimum absolute atomic E-state index is 0.267. The predicted octanol–water partition coefficient (Wildman–Crippen LogP) is 3.57. The molecule has 2 aromatic carbocycles. The van der Waals surface area contributed by atoms with E-state index in [0.717, 1.165) is 0 Å². The number of aromatic amines is 1. The van der Waals surface area contributed by atoms with Crippen molar-refractivity contribution in [3.8, 4) is 0 Å². The molecule has 24 heavy (non-hydrogen) atoms. The van der Waals surface area contributed by atoms with Crippen LogP contribution in [0.4, 0.5) is 11.4 Å². The van der Waals surface area contributed by atoms with Crippen LogP contribution in [0, 0.1) is 0 Å². The predicted molar refractivity (Wildman–Crippen MR) is 92.4 cm³/mol. The Labute approximate surface area is 142 Å². The van der Waals surface area contributed by atoms with Gasteiger partial charge in [0.05, 0.1) is 10.6 Å². The molecule has 3 N–H and O–H groups in total. The number of halogens is 1. The van der Waals surface area contributed by atoms with Gasteiger partial charge in [0.2, 0.25) is 0 Å². The molecule has 3 rings (SSSR count). The summed E-state index contributed by atoms with van der Waals surface area (Å²) in [4.78, 5) is 24.4. The van der Waals surface area contributed by atoms with Crippen molar-refractivity contribution in [3.05, 3.63) is 77.1 Å². The monoisotopic (exact) mass is 340 g/mol. The van der Waals surface area contributed by atoms with Gasteiger partial charge < -0.3 is 10.6 Å². The SMILES string of the molecule is O=C(Nc1ccc(Cl)c(C(=O)Nc2ccccc2)c1)c1ccn[nH]1. The minimum Gasteiger partial charge on any atom is -0.322 e. The summed E-state index contributed by atoms with van der Waals surface area (Å²) in [6, 6.07) is 15.3. The van der Waals surface area contributed by atoms with Crippen molar-refractivity contribution in [1.82, 2.24) is 10.2 Å². The highest BCUT2D eigenvalue weighted by molar-refractivity contribution is 6.34. The summed E-state index contributed by atoms with van der Waals surface area (Å²) in [5, 5.41) is 12.0. The second-order valence-electron chi connectivity index (χ2n) is 4.94. The zero-order chi connectivity index (χ0) is 16.9. The van der Waals surface area contributed by atoms with Gasteiger partial charge in [-0.1, -0.05) is 29.8 Å². The van der Waals surface area contributed by atoms with Crippen molar-refractivity contribution < 1.29 is 9.59 Å². The first-order valence-corrected chi connectivity index (χ1v) is 7.48. The van der Waals surface area contributed by atoms with Gasteiger partial charge in [-0.2, -0.15) is 5.10 Å². The van der Waals surface area contributed by atoms with Crippen molar-refractivity contribution in [2.24, 2.45) is 0 Å². The zero-order valence-corrected chi connectivity index (χ0v) is 13.2. The highest BCUT2D eigenvalue weighted by Crippen LogP contribution is 2.22. The van der Waals surface area contributed by atoms with E-state index in [0.29, 0.717) is 22.1 Å². The van der Waals surface area contributed by atoms with Crippen LogP contribution in [0.2, 0.25) is 5.02 Å². The number of hydrogen-bond donors (Lipinski definition) is 3. The average molecular weight is 341 g/mol. The third kappa shape index (κ3) is 3.61. The van der Waals surface area contributed by atoms with Crippen LogP contribution in [0.15, 0.2) is 60.8 Å². The lowest BCUT2D eigenvalue weighted by Crippen LogP contribution is -2.15. The maximum Gasteiger partial charge on any atom is 0.273 e. The number of benzene rings is 2. The molecule has 120 valence electrons. The standard InChI is InChI=1S/C17H13ClN4O2/c18-14-7-6-12(21-17(24)15-8-9-19-22-15)10-13(14)16(23)20-11-4-2-1-3-5-11/h1-10H,(H,19,22)(H,20,23)(H,21,24). The van der Waals surface area contributed by atoms with Crippen molar-refractivity contribution >= 4 is 34.8 Å². The van der Waals surface area contributed by atoms with Gasteiger partial charge in [0.25, 0.3) is 11.8 Å². The number of carbonyl (C=O) groups is 2. The topological polar surface area (TPSA) is 86.9 Å². The Balaban J connectivity index is 1.78. The average Bonchev–Trinajstić information content (AvgIpc) is 3.12. The summed E-state index contributed by atoms with van der Waals surface area (Å²) in [7, 11) is 0. The van der Waals surface area contributed by atoms with Crippen LogP contribution in [0.5, 0.6) is 0 Å². The molecule has 1 aromatic heterocycles. The molecule has 6 nitrogen and oxygen atoms in total. The summed E-state index contributed by atoms with van der Waals surface area (Å²) < 4.78 is 0. The first-order chi connectivity index (χ1) is 11.6. The number of aromatic nitrogens is 2. The van der Waals surface area contributed by atoms with E-state index >= 15 is 0 Å². The maximum atomic E-state index is 12.4. The third-order valence-corrected chi connectivity index (χ3v) is 3.58. The molecular formula is C17H13ClN4O2. The normalized spacial score (nSPS) is 10.2. The quantitative estimate of drug-likeness (QED) is 0.678. The molecule has 0 atom stereocenters. The van der Waals surface area contributed by atoms with Gasteiger partial charge in [0.1, 0.15) is 5.69 Å². The Morgan fingerprint density at radius 2 is 1.67 bits per heavy atom. The first kappa shape index (κ1) is 15.8. The molecule has 7 heteroatoms. The lowest BCUT2D eigenvalue weighted by atomic mass is 10.1. The highest BCUT2D eigenvalue weighted by Gasteiger charge is 2.13. The highest BCUT2D eigenvalue weighted by atomic mass is 35.5. The lowest BCUT2D eigenvalue weighted by Gasteiger charge is -2.09. The summed E-state index contributed by atoms with van der Waals surface area (Å²) in [6.07, 6.45) is 1.48. The van der Waals surface area contributed by atoms with E-state index in [4.69, 9.17) is 11.6 Å². The molecule has 2 amide bonds. The van der Waals surface area contributed by atoms with Crippen molar-refractivity contribution in [1.29, 1.82) is 0 Å². The summed E-state index contributed by atoms with van der Waals surface area (Å²) in [6.45, 7) is 0. The Morgan fingerprint density at radius 1 is 0.917 bits per heavy atom. The lowest BCUT2D eigenvalue weighted by molar-refractivity contribution is 0.101. The molecule has 0 aliphatic rings. The number of H-pyrrole nitrogens is 1. The molecule has 0 bridgehead atoms. The number of nitrogens with one attached hydrogen (secondary N) is 3. The molecule has 1 heterocycles. The number of amides is 2. The first-order valence-electron chi connectivity index (χ1n) is 7.10. The molecule has 0 saturated heterocycles. The fraction of sp³-hybridized carbons (Fsp3) is 0. The summed E-state index contributed by atoms with van der Waals surface area (Å²) >= 11 is 6.10. The van der Waals surface area contributed by atoms with E-state index in [2.05, 4.69) is 20.8 Å². The van der Waals surface area contributed by atoms with Gasteiger partial charge in [-0.3, -0.25) is 14.7 Å². The minimum atomic E-state index is -0.358. The molecule has 0 aliphatic carbocycles. The number of rotatable bonds is 4. The van der Waals surface area contributed by atoms with E-state index in [-0.39, 0.29) is 17.4 Å². The number of carbonyl (C=O) groups excluding carboxylic acids is 2. The van der Waals surface area contributed by atoms with E-state index in [1.807, 2.05) is 18.2 Å². The smallest absolute Gasteiger partial charge is 0.273 e. The van der Waals surface area contributed by atoms with Gasteiger partial charge >= 0.3 is 0 Å². The number of hydrogen-bond acceptors (Lipinski definition) is 3. The van der Waals surface area contributed by atoms with Crippen molar-refractivity contribution in [2.75, 3.05) is 10.6 Å². The molecule has 0 aliphatic heterocycles. The Morgan fingerprint density at radius 3 is 2.38 bits per heavy atom. The van der Waals surface area contributed by atoms with Crippen LogP contribution in [0.3, 0.4) is 0 Å². The Bertz CT molecular complexity index is 864. The van der Waals surface area contributed by atoms with Gasteiger partial charge in [-0.25, -0.2) is 0 Å². The molecule has 3 aromatic rings. The van der Waals surface area contributed by atoms with Crippen LogP contribution >= 0.6 is 11.6 Å². The fourth-order valence-corrected chi connectivity index (χ4v) is 2.28. The second kappa shape index (κ2) is 6.97. The molecule has 0 fully saturated rings.